The van der Waals surface area contributed by atoms with Crippen LogP contribution in [0.1, 0.15) is 0 Å². The first kappa shape index (κ1) is 56.0. The van der Waals surface area contributed by atoms with Gasteiger partial charge in [0.1, 0.15) is 44.7 Å². The minimum atomic E-state index is 0.526. The van der Waals surface area contributed by atoms with Gasteiger partial charge in [-0.2, -0.15) is 0 Å². The summed E-state index contributed by atoms with van der Waals surface area (Å²) in [7, 11) is 0. The van der Waals surface area contributed by atoms with E-state index in [1.807, 2.05) is 121 Å². The van der Waals surface area contributed by atoms with E-state index in [1.54, 1.807) is 0 Å². The van der Waals surface area contributed by atoms with Crippen LogP contribution in [0.15, 0.2) is 321 Å². The smallest absolute Gasteiger partial charge is 0.164 e. The number of hydrogen-bond acceptors (Lipinski definition) is 10. The molecule has 0 spiro atoms. The number of aromatic nitrogens is 8. The molecule has 0 radical (unpaired) electrons. The Morgan fingerprint density at radius 1 is 0.176 bits per heavy atom. The normalized spacial score (nSPS) is 12.1. The summed E-state index contributed by atoms with van der Waals surface area (Å²) in [5.74, 6) is 3.41. The van der Waals surface area contributed by atoms with Crippen LogP contribution in [0.4, 0.5) is 0 Å². The molecule has 14 aromatic carbocycles. The maximum atomic E-state index is 6.80. The SMILES string of the molecule is c1ccc(-c2nc(-c3cccc(-c4ccc5c6ccccc6n(-c6ccc7oc8cc9oc%10ccc(-c%11nc(-c%12ccccc%12)nc(-c%12ccccc%12)n%11)cc%10c9cc8c7c6)c5c4)c3)nc(-c3ccc4c(c3)oc3ccc5oc6ccc(-n7c8ccccc8c8ccccc87)cc6c5c34)n2)cc1. The van der Waals surface area contributed by atoms with Crippen LogP contribution in [0.25, 0.3) is 222 Å². The van der Waals surface area contributed by atoms with Crippen molar-refractivity contribution in [3.8, 4) is 90.8 Å². The molecule has 22 aromatic rings. The van der Waals surface area contributed by atoms with Crippen LogP contribution in [-0.4, -0.2) is 39.0 Å². The Hall–Kier alpha value is -14.1. The number of nitrogens with zero attached hydrogens (tertiary/aromatic N) is 8. The number of hydrogen-bond donors (Lipinski definition) is 0. The lowest BCUT2D eigenvalue weighted by Crippen LogP contribution is -2.00. The van der Waals surface area contributed by atoms with Crippen LogP contribution in [0.2, 0.25) is 0 Å². The minimum Gasteiger partial charge on any atom is -0.456 e. The Morgan fingerprint density at radius 3 is 1.09 bits per heavy atom. The van der Waals surface area contributed by atoms with Gasteiger partial charge in [-0.15, -0.1) is 0 Å². The second-order valence-corrected chi connectivity index (χ2v) is 26.1. The van der Waals surface area contributed by atoms with E-state index in [0.29, 0.717) is 40.5 Å². The first-order valence-corrected chi connectivity index (χ1v) is 33.9. The van der Waals surface area contributed by atoms with Crippen LogP contribution in [0.3, 0.4) is 0 Å². The molecule has 0 bridgehead atoms. The van der Waals surface area contributed by atoms with Crippen molar-refractivity contribution in [1.29, 1.82) is 0 Å². The number of benzene rings is 14. The van der Waals surface area contributed by atoms with Gasteiger partial charge in [0.15, 0.2) is 34.9 Å². The molecule has 0 atom stereocenters. The second kappa shape index (κ2) is 21.7. The van der Waals surface area contributed by atoms with Crippen LogP contribution in [0, 0.1) is 0 Å². The van der Waals surface area contributed by atoms with Crippen molar-refractivity contribution in [2.24, 2.45) is 0 Å². The zero-order chi connectivity index (χ0) is 66.7. The maximum absolute atomic E-state index is 6.80. The topological polar surface area (TPSA) is 140 Å². The molecule has 0 unspecified atom stereocenters. The van der Waals surface area contributed by atoms with Crippen molar-refractivity contribution >= 4 is 131 Å². The van der Waals surface area contributed by atoms with Gasteiger partial charge in [0.2, 0.25) is 0 Å². The van der Waals surface area contributed by atoms with Gasteiger partial charge in [0.05, 0.1) is 22.1 Å². The van der Waals surface area contributed by atoms with Gasteiger partial charge in [-0.05, 0) is 126 Å². The van der Waals surface area contributed by atoms with E-state index in [2.05, 4.69) is 191 Å². The number of para-hydroxylation sites is 3. The molecule has 0 saturated carbocycles. The fourth-order valence-electron chi connectivity index (χ4n) is 15.5. The highest BCUT2D eigenvalue weighted by Crippen LogP contribution is 2.45. The fraction of sp³-hybridized carbons (Fsp3) is 0. The summed E-state index contributed by atoms with van der Waals surface area (Å²) in [4.78, 5) is 30.7. The number of furan rings is 4. The summed E-state index contributed by atoms with van der Waals surface area (Å²) in [6.07, 6.45) is 0. The lowest BCUT2D eigenvalue weighted by atomic mass is 10.0. The van der Waals surface area contributed by atoms with E-state index in [-0.39, 0.29) is 0 Å². The predicted octanol–water partition coefficient (Wildman–Crippen LogP) is 23.5. The third kappa shape index (κ3) is 8.69. The summed E-state index contributed by atoms with van der Waals surface area (Å²) in [5.41, 5.74) is 19.8. The largest absolute Gasteiger partial charge is 0.456 e. The Kier molecular flexibility index (Phi) is 11.9. The average molecular weight is 1310 g/mol. The van der Waals surface area contributed by atoms with E-state index < -0.39 is 0 Å². The molecular formula is C90H50N8O4. The van der Waals surface area contributed by atoms with Crippen LogP contribution in [0.5, 0.6) is 0 Å². The molecule has 12 heteroatoms. The Balaban J connectivity index is 0.632. The molecule has 8 aromatic heterocycles. The molecule has 22 rings (SSSR count). The van der Waals surface area contributed by atoms with E-state index in [1.165, 1.54) is 10.8 Å². The Morgan fingerprint density at radius 2 is 0.520 bits per heavy atom. The van der Waals surface area contributed by atoms with Gasteiger partial charge in [-0.25, -0.2) is 29.9 Å². The molecule has 0 fully saturated rings. The van der Waals surface area contributed by atoms with Crippen molar-refractivity contribution in [3.05, 3.63) is 303 Å². The van der Waals surface area contributed by atoms with E-state index in [9.17, 15) is 0 Å². The molecular weight excluding hydrogens is 1260 g/mol. The van der Waals surface area contributed by atoms with Crippen molar-refractivity contribution in [2.45, 2.75) is 0 Å². The van der Waals surface area contributed by atoms with Crippen molar-refractivity contribution < 1.29 is 17.7 Å². The monoisotopic (exact) mass is 1310 g/mol. The number of fused-ring (bicyclic) bond motifs is 19. The second-order valence-electron chi connectivity index (χ2n) is 26.1. The molecule has 8 heterocycles. The molecule has 0 amide bonds. The third-order valence-electron chi connectivity index (χ3n) is 20.2. The summed E-state index contributed by atoms with van der Waals surface area (Å²) in [6, 6.07) is 105. The highest BCUT2D eigenvalue weighted by Gasteiger charge is 2.24. The highest BCUT2D eigenvalue weighted by molar-refractivity contribution is 6.26. The van der Waals surface area contributed by atoms with Crippen LogP contribution in [-0.2, 0) is 0 Å². The molecule has 102 heavy (non-hydrogen) atoms. The lowest BCUT2D eigenvalue weighted by Gasteiger charge is -2.11. The highest BCUT2D eigenvalue weighted by atomic mass is 16.3. The standard InChI is InChI=1S/C90H50N8O4/c1-4-17-51(18-5-1)85-91-86(52-19-6-2-7-20-52)94-89(93-85)57-33-38-75-66(44-57)68-49-69-67-47-59(34-39-76(67)101-82(69)50-81(68)100-75)98-73-30-15-12-27-63(73)64-36-31-55(45-74(64)98)54-23-16-24-56(43-54)88-92-87(53-21-8-3-9-22-53)95-90(96-88)58-32-37-65-80(46-58)102-78-41-42-79-84(83(65)78)70-48-60(35-40-77(70)99-79)97-71-28-13-10-25-61(71)62-26-11-14-29-72(62)97/h1-50H. The van der Waals surface area contributed by atoms with Gasteiger partial charge in [0, 0.05) is 115 Å². The lowest BCUT2D eigenvalue weighted by molar-refractivity contribution is 0.656. The van der Waals surface area contributed by atoms with Gasteiger partial charge in [0.25, 0.3) is 0 Å². The molecule has 0 aliphatic rings. The van der Waals surface area contributed by atoms with Crippen molar-refractivity contribution in [2.75, 3.05) is 0 Å². The van der Waals surface area contributed by atoms with Gasteiger partial charge in [-0.3, -0.25) is 0 Å². The predicted molar refractivity (Wildman–Crippen MR) is 409 cm³/mol. The maximum Gasteiger partial charge on any atom is 0.164 e. The zero-order valence-electron chi connectivity index (χ0n) is 54.1. The Bertz CT molecular complexity index is 7150. The summed E-state index contributed by atoms with van der Waals surface area (Å²) in [5, 5.41) is 12.6. The molecule has 474 valence electrons. The average Bonchev–Trinajstić information content (AvgIpc) is 1.58. The molecule has 0 aliphatic carbocycles. The van der Waals surface area contributed by atoms with Crippen molar-refractivity contribution in [3.63, 3.8) is 0 Å². The van der Waals surface area contributed by atoms with Gasteiger partial charge in [-0.1, -0.05) is 182 Å². The van der Waals surface area contributed by atoms with Crippen LogP contribution < -0.4 is 0 Å². The first-order valence-electron chi connectivity index (χ1n) is 33.9. The fourth-order valence-corrected chi connectivity index (χ4v) is 15.5. The Labute approximate surface area is 578 Å². The third-order valence-corrected chi connectivity index (χ3v) is 20.2. The summed E-state index contributed by atoms with van der Waals surface area (Å²) >= 11 is 0. The van der Waals surface area contributed by atoms with E-state index in [0.717, 1.165) is 171 Å². The molecule has 0 N–H and O–H groups in total. The quantitative estimate of drug-likeness (QED) is 0.137. The summed E-state index contributed by atoms with van der Waals surface area (Å²) in [6.45, 7) is 0. The van der Waals surface area contributed by atoms with E-state index >= 15 is 0 Å². The molecule has 0 saturated heterocycles. The zero-order valence-corrected chi connectivity index (χ0v) is 54.1. The molecule has 0 aliphatic heterocycles. The summed E-state index contributed by atoms with van der Waals surface area (Å²) < 4.78 is 31.3. The van der Waals surface area contributed by atoms with Crippen molar-refractivity contribution in [1.82, 2.24) is 39.0 Å². The minimum absolute atomic E-state index is 0.526. The van der Waals surface area contributed by atoms with Gasteiger partial charge < -0.3 is 26.8 Å². The van der Waals surface area contributed by atoms with Gasteiger partial charge >= 0.3 is 0 Å². The first-order chi connectivity index (χ1) is 50.5. The van der Waals surface area contributed by atoms with E-state index in [4.69, 9.17) is 47.6 Å². The number of rotatable bonds is 9. The molecule has 12 nitrogen and oxygen atoms in total. The van der Waals surface area contributed by atoms with Crippen LogP contribution >= 0.6 is 0 Å².